The monoisotopic (exact) mass is 393 g/mol. The molecule has 1 aliphatic carbocycles. The molecular formula is C23H27N3O3. The number of ether oxygens (including phenoxy) is 1. The van der Waals surface area contributed by atoms with Crippen molar-refractivity contribution >= 4 is 11.8 Å². The van der Waals surface area contributed by atoms with Gasteiger partial charge in [0.1, 0.15) is 11.4 Å². The van der Waals surface area contributed by atoms with E-state index in [1.165, 1.54) is 18.5 Å². The number of pyridine rings is 1. The molecule has 29 heavy (non-hydrogen) atoms. The van der Waals surface area contributed by atoms with Crippen molar-refractivity contribution in [3.8, 4) is 11.1 Å². The molecule has 6 heteroatoms. The highest BCUT2D eigenvalue weighted by Crippen LogP contribution is 2.59. The van der Waals surface area contributed by atoms with Crippen LogP contribution in [-0.2, 0) is 10.2 Å². The van der Waals surface area contributed by atoms with Gasteiger partial charge in [0.2, 0.25) is 0 Å². The number of nitrogen functional groups attached to an aromatic ring is 1. The Hall–Kier alpha value is -2.44. The van der Waals surface area contributed by atoms with Crippen molar-refractivity contribution in [2.45, 2.75) is 37.6 Å². The van der Waals surface area contributed by atoms with Crippen LogP contribution in [0.1, 0.15) is 40.9 Å². The molecule has 2 aromatic rings. The molecule has 0 unspecified atom stereocenters. The molecule has 2 saturated heterocycles. The molecule has 6 nitrogen and oxygen atoms in total. The second kappa shape index (κ2) is 6.82. The number of aromatic carboxylic acids is 1. The molecule has 3 N–H and O–H groups in total. The van der Waals surface area contributed by atoms with E-state index in [2.05, 4.69) is 34.1 Å². The molecule has 0 spiro atoms. The van der Waals surface area contributed by atoms with Gasteiger partial charge in [-0.15, -0.1) is 0 Å². The van der Waals surface area contributed by atoms with E-state index in [0.717, 1.165) is 55.3 Å². The zero-order valence-electron chi connectivity index (χ0n) is 16.7. The first-order valence-electron chi connectivity index (χ1n) is 10.4. The Labute approximate surface area is 170 Å². The van der Waals surface area contributed by atoms with Gasteiger partial charge in [-0.25, -0.2) is 9.78 Å². The number of aryl methyl sites for hydroxylation is 1. The number of hydrogen-bond acceptors (Lipinski definition) is 5. The quantitative estimate of drug-likeness (QED) is 0.830. The first-order chi connectivity index (χ1) is 14.0. The number of benzene rings is 1. The van der Waals surface area contributed by atoms with Gasteiger partial charge < -0.3 is 15.6 Å². The van der Waals surface area contributed by atoms with E-state index in [9.17, 15) is 9.90 Å². The van der Waals surface area contributed by atoms with Crippen molar-refractivity contribution in [2.24, 2.45) is 5.92 Å². The molecule has 2 atom stereocenters. The molecule has 0 bridgehead atoms. The van der Waals surface area contributed by atoms with E-state index in [1.807, 2.05) is 6.92 Å². The van der Waals surface area contributed by atoms with Crippen LogP contribution in [0.15, 0.2) is 30.3 Å². The van der Waals surface area contributed by atoms with Crippen molar-refractivity contribution in [1.82, 2.24) is 9.88 Å². The smallest absolute Gasteiger partial charge is 0.339 e. The van der Waals surface area contributed by atoms with Crippen molar-refractivity contribution in [2.75, 3.05) is 32.0 Å². The topological polar surface area (TPSA) is 88.7 Å². The zero-order valence-corrected chi connectivity index (χ0v) is 16.7. The molecule has 3 heterocycles. The number of aromatic nitrogens is 1. The van der Waals surface area contributed by atoms with Crippen LogP contribution in [0.25, 0.3) is 11.1 Å². The van der Waals surface area contributed by atoms with Gasteiger partial charge >= 0.3 is 5.97 Å². The summed E-state index contributed by atoms with van der Waals surface area (Å²) in [6.45, 7) is 5.99. The number of carboxylic acid groups (broad SMARTS) is 1. The highest BCUT2D eigenvalue weighted by Gasteiger charge is 2.61. The number of nitrogens with zero attached hydrogens (tertiary/aromatic N) is 2. The minimum atomic E-state index is -1.05. The van der Waals surface area contributed by atoms with E-state index in [0.29, 0.717) is 11.5 Å². The third kappa shape index (κ3) is 3.11. The summed E-state index contributed by atoms with van der Waals surface area (Å²) >= 11 is 0. The second-order valence-electron chi connectivity index (χ2n) is 8.77. The highest BCUT2D eigenvalue weighted by molar-refractivity contribution is 5.94. The number of rotatable bonds is 4. The van der Waals surface area contributed by atoms with E-state index in [1.54, 1.807) is 6.07 Å². The van der Waals surface area contributed by atoms with Gasteiger partial charge in [0.25, 0.3) is 0 Å². The van der Waals surface area contributed by atoms with Crippen molar-refractivity contribution in [3.05, 3.63) is 47.2 Å². The highest BCUT2D eigenvalue weighted by atomic mass is 16.5. The predicted molar refractivity (Wildman–Crippen MR) is 111 cm³/mol. The van der Waals surface area contributed by atoms with Gasteiger partial charge in [0, 0.05) is 49.0 Å². The van der Waals surface area contributed by atoms with Gasteiger partial charge in [0.15, 0.2) is 0 Å². The third-order valence-electron chi connectivity index (χ3n) is 7.12. The first-order valence-corrected chi connectivity index (χ1v) is 10.4. The molecule has 5 rings (SSSR count). The normalized spacial score (nSPS) is 27.0. The van der Waals surface area contributed by atoms with Crippen LogP contribution in [0.2, 0.25) is 0 Å². The largest absolute Gasteiger partial charge is 0.478 e. The zero-order chi connectivity index (χ0) is 20.2. The summed E-state index contributed by atoms with van der Waals surface area (Å²) in [6, 6.07) is 10.9. The Morgan fingerprint density at radius 1 is 1.28 bits per heavy atom. The predicted octanol–water partition coefficient (Wildman–Crippen LogP) is 3.09. The van der Waals surface area contributed by atoms with E-state index >= 15 is 0 Å². The summed E-state index contributed by atoms with van der Waals surface area (Å²) in [4.78, 5) is 18.3. The average molecular weight is 393 g/mol. The molecule has 152 valence electrons. The maximum absolute atomic E-state index is 11.4. The summed E-state index contributed by atoms with van der Waals surface area (Å²) in [5.74, 6) is -0.226. The summed E-state index contributed by atoms with van der Waals surface area (Å²) in [7, 11) is 0. The fourth-order valence-corrected chi connectivity index (χ4v) is 5.37. The Balaban J connectivity index is 1.38. The lowest BCUT2D eigenvalue weighted by Gasteiger charge is -2.33. The number of carboxylic acids is 1. The van der Waals surface area contributed by atoms with Gasteiger partial charge in [-0.2, -0.15) is 0 Å². The van der Waals surface area contributed by atoms with Gasteiger partial charge in [-0.05, 0) is 49.3 Å². The third-order valence-corrected chi connectivity index (χ3v) is 7.12. The van der Waals surface area contributed by atoms with Crippen LogP contribution in [0.3, 0.4) is 0 Å². The van der Waals surface area contributed by atoms with E-state index in [4.69, 9.17) is 10.5 Å². The summed E-state index contributed by atoms with van der Waals surface area (Å²) in [5.41, 5.74) is 10.1. The molecule has 1 aromatic carbocycles. The van der Waals surface area contributed by atoms with Gasteiger partial charge in [-0.3, -0.25) is 4.90 Å². The number of likely N-dealkylation sites (tertiary alicyclic amines) is 1. The minimum absolute atomic E-state index is 0.0541. The van der Waals surface area contributed by atoms with E-state index < -0.39 is 5.97 Å². The Morgan fingerprint density at radius 2 is 2.00 bits per heavy atom. The lowest BCUT2D eigenvalue weighted by atomic mass is 9.92. The number of piperidine rings is 1. The second-order valence-corrected chi connectivity index (χ2v) is 8.77. The van der Waals surface area contributed by atoms with Crippen LogP contribution in [-0.4, -0.2) is 53.3 Å². The van der Waals surface area contributed by atoms with Crippen LogP contribution < -0.4 is 5.73 Å². The number of hydrogen-bond donors (Lipinski definition) is 2. The van der Waals surface area contributed by atoms with Crippen molar-refractivity contribution in [1.29, 1.82) is 0 Å². The Morgan fingerprint density at radius 3 is 2.69 bits per heavy atom. The molecular weight excluding hydrogens is 366 g/mol. The first kappa shape index (κ1) is 18.6. The fraction of sp³-hybridized carbons (Fsp3) is 0.478. The summed E-state index contributed by atoms with van der Waals surface area (Å²) in [5, 5.41) is 9.35. The number of nitrogens with two attached hydrogens (primary N) is 1. The maximum Gasteiger partial charge on any atom is 0.339 e. The van der Waals surface area contributed by atoms with Gasteiger partial charge in [-0.1, -0.05) is 24.3 Å². The average Bonchev–Trinajstić information content (AvgIpc) is 3.29. The molecule has 1 saturated carbocycles. The molecule has 0 amide bonds. The molecule has 3 aliphatic rings. The van der Waals surface area contributed by atoms with Crippen LogP contribution in [0.5, 0.6) is 0 Å². The number of fused-ring (bicyclic) bond motifs is 1. The lowest BCUT2D eigenvalue weighted by Crippen LogP contribution is -2.40. The number of anilines is 1. The Bertz CT molecular complexity index is 953. The SMILES string of the molecule is Cc1nc(N)c(C(=O)O)cc1-c1ccc([C@]23C[C@H]2CN(C2CCOCC2)C3)cc1. The van der Waals surface area contributed by atoms with E-state index in [-0.39, 0.29) is 11.4 Å². The van der Waals surface area contributed by atoms with Crippen molar-refractivity contribution < 1.29 is 14.6 Å². The van der Waals surface area contributed by atoms with Crippen LogP contribution >= 0.6 is 0 Å². The molecule has 1 aromatic heterocycles. The maximum atomic E-state index is 11.4. The summed E-state index contributed by atoms with van der Waals surface area (Å²) < 4.78 is 5.53. The van der Waals surface area contributed by atoms with Crippen LogP contribution in [0.4, 0.5) is 5.82 Å². The minimum Gasteiger partial charge on any atom is -0.478 e. The Kier molecular flexibility index (Phi) is 4.37. The van der Waals surface area contributed by atoms with Gasteiger partial charge in [0.05, 0.1) is 0 Å². The van der Waals surface area contributed by atoms with Crippen molar-refractivity contribution in [3.63, 3.8) is 0 Å². The molecule has 0 radical (unpaired) electrons. The summed E-state index contributed by atoms with van der Waals surface area (Å²) in [6.07, 6.45) is 3.58. The lowest BCUT2D eigenvalue weighted by molar-refractivity contribution is 0.0378. The van der Waals surface area contributed by atoms with Crippen LogP contribution in [0, 0.1) is 12.8 Å². The standard InChI is InChI=1S/C23H27N3O3/c1-14-19(10-20(22(27)28)21(24)25-14)15-2-4-16(5-3-15)23-11-17(23)12-26(13-23)18-6-8-29-9-7-18/h2-5,10,17-18H,6-9,11-13H2,1H3,(H2,24,25)(H,27,28)/t17-,23+/m0/s1. The number of carbonyl (C=O) groups is 1. The molecule has 2 aliphatic heterocycles. The fourth-order valence-electron chi connectivity index (χ4n) is 5.37. The molecule has 3 fully saturated rings.